The number of benzene rings is 1. The Bertz CT molecular complexity index is 218. The first kappa shape index (κ1) is 5.82. The smallest absolute Gasteiger partial charge is 0.316 e. The van der Waals surface area contributed by atoms with Crippen LogP contribution in [0.4, 0.5) is 0 Å². The third-order valence-corrected chi connectivity index (χ3v) is 1.08. The van der Waals surface area contributed by atoms with Crippen LogP contribution in [0.25, 0.3) is 0 Å². The minimum Gasteiger partial charge on any atom is -0.507 e. The molecule has 0 fully saturated rings. The number of hydrogen-bond donors (Lipinski definition) is 1. The van der Waals surface area contributed by atoms with Gasteiger partial charge in [0, 0.05) is 0 Å². The van der Waals surface area contributed by atoms with E-state index in [9.17, 15) is 0 Å². The average molecular weight is 123 g/mol. The summed E-state index contributed by atoms with van der Waals surface area (Å²) in [4.78, 5) is 8.43. The Morgan fingerprint density at radius 1 is 1.33 bits per heavy atom. The maximum atomic E-state index is 8.92. The molecule has 1 aromatic carbocycles. The third-order valence-electron chi connectivity index (χ3n) is 1.08. The SMILES string of the molecule is Oc1ccccc1C=[OH+]. The van der Waals surface area contributed by atoms with Crippen LogP contribution in [0.1, 0.15) is 5.56 Å². The van der Waals surface area contributed by atoms with Crippen LogP contribution in [0.15, 0.2) is 24.3 Å². The quantitative estimate of drug-likeness (QED) is 0.437. The molecule has 9 heavy (non-hydrogen) atoms. The standard InChI is InChI=1S/C7H6O2/c8-5-6-3-1-2-4-7(6)9/h1-5,9H/p+1. The second-order valence-corrected chi connectivity index (χ2v) is 1.69. The number of aldehydes is 1. The Kier molecular flexibility index (Phi) is 1.49. The molecule has 0 aliphatic heterocycles. The predicted octanol–water partition coefficient (Wildman–Crippen LogP) is 0.915. The molecule has 0 aromatic heterocycles. The number of phenols is 1. The van der Waals surface area contributed by atoms with Crippen molar-refractivity contribution in [2.24, 2.45) is 0 Å². The second kappa shape index (κ2) is 2.31. The van der Waals surface area contributed by atoms with Crippen LogP contribution < -0.4 is 0 Å². The highest BCUT2D eigenvalue weighted by molar-refractivity contribution is 5.79. The molecule has 2 heteroatoms. The van der Waals surface area contributed by atoms with Gasteiger partial charge in [0.25, 0.3) is 0 Å². The maximum Gasteiger partial charge on any atom is 0.316 e. The largest absolute Gasteiger partial charge is 0.507 e. The van der Waals surface area contributed by atoms with Gasteiger partial charge in [0.2, 0.25) is 0 Å². The molecule has 2 N–H and O–H groups in total. The zero-order valence-corrected chi connectivity index (χ0v) is 4.78. The first-order chi connectivity index (χ1) is 4.34. The Labute approximate surface area is 52.8 Å². The minimum atomic E-state index is 0.0972. The molecule has 0 amide bonds. The Hall–Kier alpha value is -1.31. The summed E-state index contributed by atoms with van der Waals surface area (Å²) >= 11 is 0. The molecule has 1 rings (SSSR count). The van der Waals surface area contributed by atoms with Crippen molar-refractivity contribution >= 4 is 6.29 Å². The number of rotatable bonds is 1. The third kappa shape index (κ3) is 1.08. The van der Waals surface area contributed by atoms with Gasteiger partial charge in [-0.3, -0.25) is 4.79 Å². The lowest BCUT2D eigenvalue weighted by molar-refractivity contribution is 0.473. The molecule has 0 bridgehead atoms. The van der Waals surface area contributed by atoms with Crippen molar-refractivity contribution in [1.29, 1.82) is 0 Å². The predicted molar refractivity (Wildman–Crippen MR) is 35.2 cm³/mol. The van der Waals surface area contributed by atoms with Gasteiger partial charge in [-0.15, -0.1) is 0 Å². The molecule has 0 aliphatic carbocycles. The second-order valence-electron chi connectivity index (χ2n) is 1.69. The van der Waals surface area contributed by atoms with Crippen molar-refractivity contribution in [1.82, 2.24) is 0 Å². The molecule has 0 heterocycles. The van der Waals surface area contributed by atoms with Gasteiger partial charge in [0.1, 0.15) is 11.3 Å². The van der Waals surface area contributed by atoms with Crippen molar-refractivity contribution in [2.75, 3.05) is 0 Å². The van der Waals surface area contributed by atoms with Gasteiger partial charge in [-0.1, -0.05) is 12.1 Å². The summed E-state index contributed by atoms with van der Waals surface area (Å²) in [5, 5.41) is 8.92. The van der Waals surface area contributed by atoms with Gasteiger partial charge in [-0.05, 0) is 12.1 Å². The molecule has 0 aliphatic rings. The molecular formula is C7H7O2+. The van der Waals surface area contributed by atoms with Crippen molar-refractivity contribution in [2.45, 2.75) is 0 Å². The van der Waals surface area contributed by atoms with Crippen molar-refractivity contribution in [3.63, 3.8) is 0 Å². The van der Waals surface area contributed by atoms with E-state index < -0.39 is 0 Å². The molecule has 0 unspecified atom stereocenters. The van der Waals surface area contributed by atoms with Crippen LogP contribution >= 0.6 is 0 Å². The van der Waals surface area contributed by atoms with E-state index in [2.05, 4.69) is 0 Å². The lowest BCUT2D eigenvalue weighted by atomic mass is 10.2. The fourth-order valence-electron chi connectivity index (χ4n) is 0.597. The highest BCUT2D eigenvalue weighted by Crippen LogP contribution is 2.11. The lowest BCUT2D eigenvalue weighted by Crippen LogP contribution is -1.78. The van der Waals surface area contributed by atoms with E-state index in [1.54, 1.807) is 18.2 Å². The lowest BCUT2D eigenvalue weighted by Gasteiger charge is -1.88. The number of carbonyl (C=O) groups excluding carboxylic acids is 1. The van der Waals surface area contributed by atoms with E-state index in [1.165, 1.54) is 6.07 Å². The number of aromatic hydroxyl groups is 1. The minimum absolute atomic E-state index is 0.0972. The molecule has 0 saturated carbocycles. The molecule has 0 atom stereocenters. The van der Waals surface area contributed by atoms with E-state index >= 15 is 0 Å². The van der Waals surface area contributed by atoms with Gasteiger partial charge in [-0.2, -0.15) is 0 Å². The first-order valence-electron chi connectivity index (χ1n) is 2.60. The zero-order valence-electron chi connectivity index (χ0n) is 4.78. The van der Waals surface area contributed by atoms with Gasteiger partial charge >= 0.3 is 6.29 Å². The normalized spacial score (nSPS) is 8.89. The number of phenolic OH excluding ortho intramolecular Hbond substituents is 1. The van der Waals surface area contributed by atoms with E-state index in [-0.39, 0.29) is 5.75 Å². The Morgan fingerprint density at radius 3 is 2.44 bits per heavy atom. The monoisotopic (exact) mass is 123 g/mol. The van der Waals surface area contributed by atoms with Crippen LogP contribution in [0.5, 0.6) is 5.75 Å². The maximum absolute atomic E-state index is 8.92. The summed E-state index contributed by atoms with van der Waals surface area (Å²) in [6.07, 6.45) is 0.870. The van der Waals surface area contributed by atoms with Gasteiger partial charge in [0.05, 0.1) is 0 Å². The Balaban J connectivity index is 3.15. The molecule has 46 valence electrons. The van der Waals surface area contributed by atoms with Gasteiger partial charge < -0.3 is 5.11 Å². The van der Waals surface area contributed by atoms with E-state index in [4.69, 9.17) is 9.90 Å². The average Bonchev–Trinajstić information content (AvgIpc) is 1.89. The van der Waals surface area contributed by atoms with Gasteiger partial charge in [-0.25, -0.2) is 0 Å². The fourth-order valence-corrected chi connectivity index (χ4v) is 0.597. The van der Waals surface area contributed by atoms with Crippen molar-refractivity contribution < 1.29 is 9.90 Å². The van der Waals surface area contributed by atoms with Crippen LogP contribution in [0, 0.1) is 0 Å². The van der Waals surface area contributed by atoms with Crippen LogP contribution in [0.2, 0.25) is 0 Å². The number of hydrogen-bond acceptors (Lipinski definition) is 1. The van der Waals surface area contributed by atoms with Crippen LogP contribution in [0.3, 0.4) is 0 Å². The fraction of sp³-hybridized carbons (Fsp3) is 0. The summed E-state index contributed by atoms with van der Waals surface area (Å²) in [6, 6.07) is 6.57. The van der Waals surface area contributed by atoms with Crippen LogP contribution in [-0.2, 0) is 0 Å². The van der Waals surface area contributed by atoms with Crippen molar-refractivity contribution in [3.8, 4) is 5.75 Å². The van der Waals surface area contributed by atoms with Crippen LogP contribution in [-0.4, -0.2) is 16.2 Å². The Morgan fingerprint density at radius 2 is 2.00 bits per heavy atom. The summed E-state index contributed by atoms with van der Waals surface area (Å²) < 4.78 is 0. The zero-order chi connectivity index (χ0) is 6.69. The highest BCUT2D eigenvalue weighted by atomic mass is 16.3. The molecule has 1 aromatic rings. The molecular weight excluding hydrogens is 116 g/mol. The summed E-state index contributed by atoms with van der Waals surface area (Å²) in [6.45, 7) is 0. The summed E-state index contributed by atoms with van der Waals surface area (Å²) in [7, 11) is 0. The summed E-state index contributed by atoms with van der Waals surface area (Å²) in [5.74, 6) is 0.0972. The van der Waals surface area contributed by atoms with Crippen molar-refractivity contribution in [3.05, 3.63) is 29.8 Å². The van der Waals surface area contributed by atoms with E-state index in [1.807, 2.05) is 0 Å². The number of para-hydroxylation sites is 1. The first-order valence-corrected chi connectivity index (χ1v) is 2.60. The van der Waals surface area contributed by atoms with E-state index in [0.717, 1.165) is 6.29 Å². The van der Waals surface area contributed by atoms with E-state index in [0.29, 0.717) is 5.56 Å². The topological polar surface area (TPSA) is 41.6 Å². The van der Waals surface area contributed by atoms with Gasteiger partial charge in [0.15, 0.2) is 0 Å². The summed E-state index contributed by atoms with van der Waals surface area (Å²) in [5.41, 5.74) is 0.442. The highest BCUT2D eigenvalue weighted by Gasteiger charge is 1.97. The molecule has 0 radical (unpaired) electrons. The molecule has 0 saturated heterocycles. The molecule has 2 nitrogen and oxygen atoms in total. The molecule has 0 spiro atoms.